The summed E-state index contributed by atoms with van der Waals surface area (Å²) in [5.74, 6) is -0.507. The van der Waals surface area contributed by atoms with E-state index in [0.29, 0.717) is 16.2 Å². The molecule has 1 amide bonds. The highest BCUT2D eigenvalue weighted by atomic mass is 32.1. The van der Waals surface area contributed by atoms with Crippen LogP contribution in [-0.2, 0) is 0 Å². The number of nitrogens with zero attached hydrogens (tertiary/aromatic N) is 1. The number of nitrogens with two attached hydrogens (primary N) is 2. The summed E-state index contributed by atoms with van der Waals surface area (Å²) in [4.78, 5) is 15.0. The van der Waals surface area contributed by atoms with Crippen LogP contribution in [0.2, 0.25) is 0 Å². The Hall–Kier alpha value is -1.62. The lowest BCUT2D eigenvalue weighted by Crippen LogP contribution is -2.11. The van der Waals surface area contributed by atoms with E-state index >= 15 is 0 Å². The Balaban J connectivity index is 2.82. The van der Waals surface area contributed by atoms with Crippen LogP contribution in [-0.4, -0.2) is 10.9 Å². The molecule has 0 aliphatic rings. The number of fused-ring (bicyclic) bond motifs is 1. The molecule has 4 N–H and O–H groups in total. The summed E-state index contributed by atoms with van der Waals surface area (Å²) in [7, 11) is 0. The van der Waals surface area contributed by atoms with Gasteiger partial charge >= 0.3 is 0 Å². The zero-order chi connectivity index (χ0) is 9.42. The Kier molecular flexibility index (Phi) is 1.66. The van der Waals surface area contributed by atoms with E-state index in [-0.39, 0.29) is 0 Å². The van der Waals surface area contributed by atoms with Gasteiger partial charge in [-0.15, -0.1) is 0 Å². The van der Waals surface area contributed by atoms with Gasteiger partial charge in [0.2, 0.25) is 0 Å². The van der Waals surface area contributed by atoms with Gasteiger partial charge in [0, 0.05) is 0 Å². The average Bonchev–Trinajstić information content (AvgIpc) is 2.43. The summed E-state index contributed by atoms with van der Waals surface area (Å²) in [5, 5.41) is 0.428. The fraction of sp³-hybridized carbons (Fsp3) is 0. The highest BCUT2D eigenvalue weighted by Gasteiger charge is 2.09. The van der Waals surface area contributed by atoms with Crippen molar-refractivity contribution in [2.24, 2.45) is 5.73 Å². The van der Waals surface area contributed by atoms with Crippen LogP contribution in [0.3, 0.4) is 0 Å². The third-order valence-electron chi connectivity index (χ3n) is 1.63. The predicted octanol–water partition coefficient (Wildman–Crippen LogP) is 0.778. The maximum Gasteiger partial charge on any atom is 0.250 e. The first kappa shape index (κ1) is 8.00. The van der Waals surface area contributed by atoms with Crippen LogP contribution in [0.25, 0.3) is 10.2 Å². The van der Waals surface area contributed by atoms with Crippen molar-refractivity contribution in [3.8, 4) is 0 Å². The lowest BCUT2D eigenvalue weighted by Gasteiger charge is -1.93. The summed E-state index contributed by atoms with van der Waals surface area (Å²) in [6, 6.07) is 6.06. The van der Waals surface area contributed by atoms with E-state index in [9.17, 15) is 4.79 Å². The van der Waals surface area contributed by atoms with Crippen LogP contribution in [0.1, 0.15) is 10.4 Å². The molecule has 0 saturated carbocycles. The quantitative estimate of drug-likeness (QED) is 0.700. The maximum absolute atomic E-state index is 11.0. The van der Waals surface area contributed by atoms with E-state index in [4.69, 9.17) is 11.5 Å². The zero-order valence-electron chi connectivity index (χ0n) is 6.57. The third kappa shape index (κ3) is 1.23. The van der Waals surface area contributed by atoms with Crippen molar-refractivity contribution in [2.45, 2.75) is 0 Å². The minimum atomic E-state index is -0.507. The molecule has 0 aliphatic carbocycles. The number of benzene rings is 1. The number of carbonyl (C=O) groups is 1. The topological polar surface area (TPSA) is 82.0 Å². The molecular formula is C8H6N3OS. The van der Waals surface area contributed by atoms with Gasteiger partial charge in [-0.3, -0.25) is 4.79 Å². The molecule has 0 spiro atoms. The Labute approximate surface area is 78.2 Å². The molecule has 1 heterocycles. The van der Waals surface area contributed by atoms with Crippen molar-refractivity contribution in [2.75, 3.05) is 5.73 Å². The highest BCUT2D eigenvalue weighted by Crippen LogP contribution is 2.25. The van der Waals surface area contributed by atoms with E-state index in [0.717, 1.165) is 4.70 Å². The minimum absolute atomic E-state index is 0.366. The van der Waals surface area contributed by atoms with E-state index in [2.05, 4.69) is 11.1 Å². The molecule has 65 valence electrons. The van der Waals surface area contributed by atoms with Gasteiger partial charge in [-0.2, -0.15) is 0 Å². The smallest absolute Gasteiger partial charge is 0.250 e. The molecule has 0 unspecified atom stereocenters. The zero-order valence-corrected chi connectivity index (χ0v) is 7.39. The largest absolute Gasteiger partial charge is 0.375 e. The average molecular weight is 192 g/mol. The summed E-state index contributed by atoms with van der Waals surface area (Å²) < 4.78 is 0.828. The Bertz CT molecular complexity index is 477. The summed E-state index contributed by atoms with van der Waals surface area (Å²) in [6.45, 7) is 0. The van der Waals surface area contributed by atoms with Crippen LogP contribution in [0.15, 0.2) is 12.1 Å². The van der Waals surface area contributed by atoms with Gasteiger partial charge in [-0.05, 0) is 18.2 Å². The third-order valence-corrected chi connectivity index (χ3v) is 2.46. The molecule has 0 aliphatic heterocycles. The maximum atomic E-state index is 11.0. The number of amides is 1. The number of carbonyl (C=O) groups excluding carboxylic acids is 1. The normalized spacial score (nSPS) is 10.5. The van der Waals surface area contributed by atoms with Crippen molar-refractivity contribution < 1.29 is 4.79 Å². The molecule has 13 heavy (non-hydrogen) atoms. The van der Waals surface area contributed by atoms with E-state index in [1.807, 2.05) is 0 Å². The molecule has 0 bridgehead atoms. The molecule has 5 heteroatoms. The fourth-order valence-corrected chi connectivity index (χ4v) is 1.84. The standard InChI is InChI=1S/C8H6N3OS/c9-7(12)4-2-1-3-5-6(4)11-8(10)13-5/h2-3H,(H2,9,12)(H2,10,11). The van der Waals surface area contributed by atoms with Gasteiger partial charge in [0.1, 0.15) is 0 Å². The number of thiazole rings is 1. The van der Waals surface area contributed by atoms with Crippen LogP contribution in [0.4, 0.5) is 5.13 Å². The van der Waals surface area contributed by atoms with Gasteiger partial charge in [-0.1, -0.05) is 11.3 Å². The number of hydrogen-bond acceptors (Lipinski definition) is 4. The van der Waals surface area contributed by atoms with Gasteiger partial charge in [-0.25, -0.2) is 4.98 Å². The molecule has 2 rings (SSSR count). The second kappa shape index (κ2) is 2.70. The molecule has 2 aromatic rings. The monoisotopic (exact) mass is 192 g/mol. The minimum Gasteiger partial charge on any atom is -0.375 e. The van der Waals surface area contributed by atoms with Crippen LogP contribution in [0, 0.1) is 6.07 Å². The predicted molar refractivity (Wildman–Crippen MR) is 51.4 cm³/mol. The van der Waals surface area contributed by atoms with Crippen molar-refractivity contribution in [3.05, 3.63) is 23.8 Å². The lowest BCUT2D eigenvalue weighted by molar-refractivity contribution is 0.100. The first-order valence-corrected chi connectivity index (χ1v) is 4.36. The molecule has 1 aromatic heterocycles. The van der Waals surface area contributed by atoms with Crippen molar-refractivity contribution in [1.29, 1.82) is 0 Å². The van der Waals surface area contributed by atoms with E-state index in [1.54, 1.807) is 6.07 Å². The molecule has 0 fully saturated rings. The number of aromatic nitrogens is 1. The van der Waals surface area contributed by atoms with E-state index < -0.39 is 5.91 Å². The van der Waals surface area contributed by atoms with Crippen LogP contribution < -0.4 is 11.5 Å². The SMILES string of the molecule is NC(=O)c1c[c]cc2sc(N)nc12. The second-order valence-corrected chi connectivity index (χ2v) is 3.56. The molecule has 1 radical (unpaired) electrons. The first-order chi connectivity index (χ1) is 6.18. The summed E-state index contributed by atoms with van der Waals surface area (Å²) >= 11 is 1.31. The first-order valence-electron chi connectivity index (χ1n) is 3.54. The van der Waals surface area contributed by atoms with Crippen LogP contribution >= 0.6 is 11.3 Å². The number of anilines is 1. The number of primary amides is 1. The number of rotatable bonds is 1. The molecule has 1 aromatic carbocycles. The fourth-order valence-electron chi connectivity index (χ4n) is 1.10. The lowest BCUT2D eigenvalue weighted by atomic mass is 10.2. The van der Waals surface area contributed by atoms with Crippen molar-refractivity contribution in [1.82, 2.24) is 4.98 Å². The molecule has 0 atom stereocenters. The molecule has 4 nitrogen and oxygen atoms in total. The summed E-state index contributed by atoms with van der Waals surface area (Å²) in [6.07, 6.45) is 0. The van der Waals surface area contributed by atoms with E-state index in [1.165, 1.54) is 17.4 Å². The summed E-state index contributed by atoms with van der Waals surface area (Å²) in [5.41, 5.74) is 11.6. The Morgan fingerprint density at radius 3 is 3.00 bits per heavy atom. The Morgan fingerprint density at radius 2 is 2.31 bits per heavy atom. The number of nitrogen functional groups attached to an aromatic ring is 1. The Morgan fingerprint density at radius 1 is 1.54 bits per heavy atom. The van der Waals surface area contributed by atoms with Gasteiger partial charge in [0.25, 0.3) is 5.91 Å². The van der Waals surface area contributed by atoms with Gasteiger partial charge in [0.05, 0.1) is 15.8 Å². The van der Waals surface area contributed by atoms with Gasteiger partial charge < -0.3 is 11.5 Å². The molecule has 0 saturated heterocycles. The highest BCUT2D eigenvalue weighted by molar-refractivity contribution is 7.22. The molecular weight excluding hydrogens is 186 g/mol. The van der Waals surface area contributed by atoms with Gasteiger partial charge in [0.15, 0.2) is 5.13 Å². The van der Waals surface area contributed by atoms with Crippen molar-refractivity contribution in [3.63, 3.8) is 0 Å². The van der Waals surface area contributed by atoms with Crippen molar-refractivity contribution >= 4 is 32.6 Å². The second-order valence-electron chi connectivity index (χ2n) is 2.50. The number of hydrogen-bond donors (Lipinski definition) is 2. The van der Waals surface area contributed by atoms with Crippen LogP contribution in [0.5, 0.6) is 0 Å².